The molecule has 9 heteroatoms. The summed E-state index contributed by atoms with van der Waals surface area (Å²) in [7, 11) is 0. The second-order valence-corrected chi connectivity index (χ2v) is 10.1. The molecule has 0 spiro atoms. The average Bonchev–Trinajstić information content (AvgIpc) is 3.06. The second kappa shape index (κ2) is 25.3. The molecular weight excluding hydrogens is 760 g/mol. The Morgan fingerprint density at radius 2 is 0.490 bits per heavy atom. The number of ketones is 4. The Labute approximate surface area is 328 Å². The Morgan fingerprint density at radius 3 is 0.612 bits per heavy atom. The second-order valence-electron chi connectivity index (χ2n) is 10.1. The minimum absolute atomic E-state index is 0. The third-order valence-corrected chi connectivity index (χ3v) is 5.66. The van der Waals surface area contributed by atoms with E-state index < -0.39 is 0 Å². The van der Waals surface area contributed by atoms with Gasteiger partial charge in [0.25, 0.3) is 0 Å². The first-order valence-electron chi connectivity index (χ1n) is 14.7. The minimum Gasteiger partial charge on any atom is -0.512 e. The summed E-state index contributed by atoms with van der Waals surface area (Å²) in [5.74, 6) is 0.692. The summed E-state index contributed by atoms with van der Waals surface area (Å²) < 4.78 is 0. The van der Waals surface area contributed by atoms with Crippen molar-refractivity contribution in [3.63, 3.8) is 0 Å². The van der Waals surface area contributed by atoms with E-state index in [0.717, 1.165) is 0 Å². The molecule has 8 nitrogen and oxygen atoms in total. The fourth-order valence-electron chi connectivity index (χ4n) is 3.56. The van der Waals surface area contributed by atoms with Crippen molar-refractivity contribution in [3.05, 3.63) is 191 Å². The SMILES string of the molecule is C/C(O)=C/C(=[OH+])c1ccccc1.C/C(O)=C/C(=[OH+])c1ccccc1.C/C(O)=C/C(=[OH+])c1ccccc1.C/C(O)=C/C(=[OH+])c1ccccc1.[Eu+3]. The van der Waals surface area contributed by atoms with Crippen LogP contribution in [0.15, 0.2) is 169 Å². The van der Waals surface area contributed by atoms with Gasteiger partial charge in [0.15, 0.2) is 0 Å². The number of aliphatic hydroxyl groups is 4. The van der Waals surface area contributed by atoms with Gasteiger partial charge in [-0.25, -0.2) is 0 Å². The molecule has 0 aliphatic carbocycles. The van der Waals surface area contributed by atoms with Crippen molar-refractivity contribution in [3.8, 4) is 0 Å². The summed E-state index contributed by atoms with van der Waals surface area (Å²) in [5.41, 5.74) is 2.80. The Hall–Kier alpha value is -4.70. The van der Waals surface area contributed by atoms with Crippen molar-refractivity contribution >= 4 is 23.1 Å². The number of rotatable bonds is 8. The van der Waals surface area contributed by atoms with Crippen LogP contribution >= 0.6 is 0 Å². The molecule has 0 aromatic heterocycles. The summed E-state index contributed by atoms with van der Waals surface area (Å²) in [4.78, 5) is 37.5. The molecule has 0 radical (unpaired) electrons. The molecule has 8 N–H and O–H groups in total. The Kier molecular flexibility index (Phi) is 22.9. The zero-order chi connectivity index (χ0) is 35.9. The van der Waals surface area contributed by atoms with E-state index >= 15 is 0 Å². The molecule has 4 rings (SSSR count). The van der Waals surface area contributed by atoms with Crippen molar-refractivity contribution in [2.24, 2.45) is 0 Å². The average molecular weight is 805 g/mol. The topological polar surface area (TPSA) is 167 Å². The van der Waals surface area contributed by atoms with E-state index in [9.17, 15) is 19.2 Å². The van der Waals surface area contributed by atoms with Gasteiger partial charge in [0.1, 0.15) is 0 Å². The number of carbonyl (C=O) groups excluding carboxylic acids is 4. The van der Waals surface area contributed by atoms with Crippen LogP contribution in [-0.4, -0.2) is 62.7 Å². The van der Waals surface area contributed by atoms with Crippen LogP contribution in [0.25, 0.3) is 0 Å². The standard InChI is InChI=1S/4C10H10O2.Eu/c4*1-8(11)7-10(12)9-5-3-2-4-6-9;/h4*2-7,11H,1H3;/q;;;;+3/p+4/b4*8-7-;. The van der Waals surface area contributed by atoms with Gasteiger partial charge in [-0.1, -0.05) is 72.8 Å². The quantitative estimate of drug-likeness (QED) is 0.0611. The van der Waals surface area contributed by atoms with Crippen molar-refractivity contribution in [1.82, 2.24) is 0 Å². The van der Waals surface area contributed by atoms with E-state index in [4.69, 9.17) is 20.4 Å². The molecule has 4 aromatic rings. The largest absolute Gasteiger partial charge is 3.00 e. The first kappa shape index (κ1) is 44.3. The number of hydrogen-bond acceptors (Lipinski definition) is 4. The monoisotopic (exact) mass is 805 g/mol. The van der Waals surface area contributed by atoms with Crippen LogP contribution in [0.4, 0.5) is 0 Å². The maximum Gasteiger partial charge on any atom is 3.00 e. The van der Waals surface area contributed by atoms with E-state index in [0.29, 0.717) is 22.3 Å². The van der Waals surface area contributed by atoms with Gasteiger partial charge in [-0.05, 0) is 76.2 Å². The molecule has 49 heavy (non-hydrogen) atoms. The molecule has 0 amide bonds. The zero-order valence-electron chi connectivity index (χ0n) is 27.8. The Balaban J connectivity index is 0.000000623. The van der Waals surface area contributed by atoms with Crippen molar-refractivity contribution in [2.45, 2.75) is 27.7 Å². The first-order chi connectivity index (χ1) is 22.8. The van der Waals surface area contributed by atoms with Crippen LogP contribution < -0.4 is 0 Å². The van der Waals surface area contributed by atoms with Gasteiger partial charge in [0, 0.05) is 0 Å². The molecule has 0 saturated heterocycles. The summed E-state index contributed by atoms with van der Waals surface area (Å²) in [6, 6.07) is 36.3. The molecule has 0 bridgehead atoms. The predicted molar refractivity (Wildman–Crippen MR) is 195 cm³/mol. The Bertz CT molecular complexity index is 1450. The van der Waals surface area contributed by atoms with Crippen LogP contribution in [-0.2, 0) is 0 Å². The number of hydrogen-bond donors (Lipinski definition) is 4. The smallest absolute Gasteiger partial charge is 0.512 e. The predicted octanol–water partition coefficient (Wildman–Crippen LogP) is 8.17. The van der Waals surface area contributed by atoms with Gasteiger partial charge < -0.3 is 20.4 Å². The number of benzene rings is 4. The molecule has 0 saturated carbocycles. The van der Waals surface area contributed by atoms with E-state index in [1.54, 1.807) is 48.5 Å². The molecule has 0 aliphatic rings. The first-order valence-corrected chi connectivity index (χ1v) is 14.7. The van der Waals surface area contributed by atoms with Crippen LogP contribution in [0.1, 0.15) is 49.9 Å². The maximum atomic E-state index is 9.37. The molecular formula is C40H44EuO8+7. The molecule has 0 heterocycles. The maximum absolute atomic E-state index is 9.37. The number of aliphatic hydroxyl groups excluding tert-OH is 4. The van der Waals surface area contributed by atoms with Crippen LogP contribution in [0.3, 0.4) is 0 Å². The molecule has 252 valence electrons. The minimum atomic E-state index is 0. The van der Waals surface area contributed by atoms with Gasteiger partial charge in [-0.15, -0.1) is 0 Å². The van der Waals surface area contributed by atoms with Crippen LogP contribution in [0.5, 0.6) is 0 Å². The van der Waals surface area contributed by atoms with Crippen molar-refractivity contribution < 1.29 is 89.0 Å². The van der Waals surface area contributed by atoms with Gasteiger partial charge in [-0.2, -0.15) is 0 Å². The van der Waals surface area contributed by atoms with Gasteiger partial charge in [0.2, 0.25) is 0 Å². The van der Waals surface area contributed by atoms with E-state index in [1.807, 2.05) is 72.8 Å². The van der Waals surface area contributed by atoms with Gasteiger partial charge in [0.05, 0.1) is 69.6 Å². The number of allylic oxidation sites excluding steroid dienone is 8. The third-order valence-electron chi connectivity index (χ3n) is 5.66. The zero-order valence-corrected chi connectivity index (χ0v) is 30.2. The molecule has 0 fully saturated rings. The van der Waals surface area contributed by atoms with Crippen molar-refractivity contribution in [1.29, 1.82) is 0 Å². The summed E-state index contributed by atoms with van der Waals surface area (Å²) in [5, 5.41) is 35.5. The Morgan fingerprint density at radius 1 is 0.347 bits per heavy atom. The van der Waals surface area contributed by atoms with Gasteiger partial charge in [-0.3, -0.25) is 19.2 Å². The summed E-state index contributed by atoms with van der Waals surface area (Å²) in [6.07, 6.45) is 5.26. The molecule has 4 aromatic carbocycles. The van der Waals surface area contributed by atoms with Crippen LogP contribution in [0.2, 0.25) is 0 Å². The van der Waals surface area contributed by atoms with Gasteiger partial charge >= 0.3 is 72.5 Å². The third kappa shape index (κ3) is 21.0. The van der Waals surface area contributed by atoms with E-state index in [2.05, 4.69) is 0 Å². The normalized spacial score (nSPS) is 11.0. The van der Waals surface area contributed by atoms with Crippen LogP contribution in [0, 0.1) is 49.4 Å². The fourth-order valence-corrected chi connectivity index (χ4v) is 3.56. The molecule has 0 aliphatic heterocycles. The molecule has 0 atom stereocenters. The van der Waals surface area contributed by atoms with Crippen molar-refractivity contribution in [2.75, 3.05) is 0 Å². The van der Waals surface area contributed by atoms with E-state index in [-0.39, 0.29) is 95.5 Å². The fraction of sp³-hybridized carbons (Fsp3) is 0.100. The molecule has 0 unspecified atom stereocenters. The van der Waals surface area contributed by atoms with E-state index in [1.165, 1.54) is 52.0 Å². The summed E-state index contributed by atoms with van der Waals surface area (Å²) >= 11 is 0. The summed E-state index contributed by atoms with van der Waals surface area (Å²) in [6.45, 7) is 6.05.